The Labute approximate surface area is 186 Å². The molecule has 0 saturated heterocycles. The van der Waals surface area contributed by atoms with Crippen molar-refractivity contribution in [2.24, 2.45) is 5.10 Å². The summed E-state index contributed by atoms with van der Waals surface area (Å²) in [6.45, 7) is 4.00. The van der Waals surface area contributed by atoms with Crippen LogP contribution in [0.4, 0.5) is 0 Å². The topological polar surface area (TPSA) is 74.1 Å². The molecular weight excluding hydrogens is 418 g/mol. The number of benzene rings is 2. The monoisotopic (exact) mass is 441 g/mol. The highest BCUT2D eigenvalue weighted by Crippen LogP contribution is 2.38. The Kier molecular flexibility index (Phi) is 6.87. The molecule has 1 N–H and O–H groups in total. The summed E-state index contributed by atoms with van der Waals surface area (Å²) in [5.41, 5.74) is 6.79. The third-order valence-electron chi connectivity index (χ3n) is 4.85. The van der Waals surface area contributed by atoms with Crippen LogP contribution in [0.3, 0.4) is 0 Å². The van der Waals surface area contributed by atoms with Gasteiger partial charge in [0.05, 0.1) is 27.5 Å². The van der Waals surface area contributed by atoms with E-state index in [1.54, 1.807) is 18.3 Å². The summed E-state index contributed by atoms with van der Waals surface area (Å²) in [6.07, 6.45) is 1.62. The Morgan fingerprint density at radius 1 is 1.00 bits per heavy atom. The van der Waals surface area contributed by atoms with Crippen molar-refractivity contribution in [3.63, 3.8) is 0 Å². The second-order valence-corrected chi connectivity index (χ2v) is 7.19. The van der Waals surface area contributed by atoms with Crippen LogP contribution in [0, 0.1) is 13.8 Å². The fourth-order valence-corrected chi connectivity index (χ4v) is 3.47. The molecule has 2 aromatic carbocycles. The maximum atomic E-state index is 12.6. The molecule has 31 heavy (non-hydrogen) atoms. The molecular formula is C23H24ClN3O4. The van der Waals surface area contributed by atoms with Gasteiger partial charge in [-0.2, -0.15) is 5.10 Å². The minimum atomic E-state index is -0.401. The highest BCUT2D eigenvalue weighted by molar-refractivity contribution is 6.30. The number of hydrazone groups is 1. The highest BCUT2D eigenvalue weighted by atomic mass is 35.5. The van der Waals surface area contributed by atoms with Gasteiger partial charge in [0.15, 0.2) is 11.5 Å². The largest absolute Gasteiger partial charge is 0.493 e. The number of nitrogens with one attached hydrogen (secondary N) is 1. The number of methoxy groups -OCH3 is 3. The first kappa shape index (κ1) is 22.2. The maximum absolute atomic E-state index is 12.6. The van der Waals surface area contributed by atoms with Gasteiger partial charge >= 0.3 is 0 Å². The fourth-order valence-electron chi connectivity index (χ4n) is 3.34. The van der Waals surface area contributed by atoms with Crippen molar-refractivity contribution in [2.75, 3.05) is 21.3 Å². The van der Waals surface area contributed by atoms with Crippen LogP contribution >= 0.6 is 11.6 Å². The predicted octanol–water partition coefficient (Wildman–Crippen LogP) is 4.54. The van der Waals surface area contributed by atoms with Crippen LogP contribution < -0.4 is 19.6 Å². The molecule has 162 valence electrons. The number of hydrogen-bond donors (Lipinski definition) is 1. The van der Waals surface area contributed by atoms with Crippen molar-refractivity contribution in [3.05, 3.63) is 70.0 Å². The van der Waals surface area contributed by atoms with E-state index in [1.165, 1.54) is 21.3 Å². The van der Waals surface area contributed by atoms with Crippen LogP contribution in [0.5, 0.6) is 17.2 Å². The van der Waals surface area contributed by atoms with Gasteiger partial charge in [-0.25, -0.2) is 5.43 Å². The Morgan fingerprint density at radius 2 is 1.61 bits per heavy atom. The molecule has 0 spiro atoms. The van der Waals surface area contributed by atoms with Crippen molar-refractivity contribution < 1.29 is 19.0 Å². The van der Waals surface area contributed by atoms with E-state index in [1.807, 2.05) is 44.2 Å². The van der Waals surface area contributed by atoms with E-state index >= 15 is 0 Å². The molecule has 3 rings (SSSR count). The fraction of sp³-hybridized carbons (Fsp3) is 0.217. The van der Waals surface area contributed by atoms with E-state index in [0.717, 1.165) is 22.6 Å². The molecule has 1 aromatic heterocycles. The number of halogens is 1. The van der Waals surface area contributed by atoms with Gasteiger partial charge in [0.25, 0.3) is 5.91 Å². The maximum Gasteiger partial charge on any atom is 0.271 e. The lowest BCUT2D eigenvalue weighted by atomic mass is 10.1. The number of rotatable bonds is 7. The third kappa shape index (κ3) is 4.67. The van der Waals surface area contributed by atoms with E-state index in [-0.39, 0.29) is 0 Å². The van der Waals surface area contributed by atoms with Crippen molar-refractivity contribution in [1.29, 1.82) is 0 Å². The van der Waals surface area contributed by atoms with Gasteiger partial charge in [0.2, 0.25) is 5.75 Å². The lowest BCUT2D eigenvalue weighted by molar-refractivity contribution is 0.0954. The van der Waals surface area contributed by atoms with E-state index < -0.39 is 5.91 Å². The van der Waals surface area contributed by atoms with Gasteiger partial charge in [0.1, 0.15) is 0 Å². The smallest absolute Gasteiger partial charge is 0.271 e. The first-order valence-electron chi connectivity index (χ1n) is 9.47. The Bertz CT molecular complexity index is 1100. The van der Waals surface area contributed by atoms with Crippen molar-refractivity contribution >= 4 is 23.7 Å². The quantitative estimate of drug-likeness (QED) is 0.431. The highest BCUT2D eigenvalue weighted by Gasteiger charge is 2.17. The van der Waals surface area contributed by atoms with Gasteiger partial charge in [-0.1, -0.05) is 11.6 Å². The summed E-state index contributed by atoms with van der Waals surface area (Å²) in [4.78, 5) is 12.6. The summed E-state index contributed by atoms with van der Waals surface area (Å²) in [5.74, 6) is 0.798. The van der Waals surface area contributed by atoms with Crippen LogP contribution in [-0.2, 0) is 0 Å². The van der Waals surface area contributed by atoms with Crippen LogP contribution in [0.1, 0.15) is 27.3 Å². The van der Waals surface area contributed by atoms with Gasteiger partial charge in [0, 0.05) is 33.2 Å². The summed E-state index contributed by atoms with van der Waals surface area (Å²) in [5, 5.41) is 4.81. The van der Waals surface area contributed by atoms with E-state index in [2.05, 4.69) is 15.1 Å². The van der Waals surface area contributed by atoms with Crippen LogP contribution in [0.15, 0.2) is 47.6 Å². The van der Waals surface area contributed by atoms with Crippen molar-refractivity contribution in [2.45, 2.75) is 13.8 Å². The average molecular weight is 442 g/mol. The van der Waals surface area contributed by atoms with Gasteiger partial charge in [-0.3, -0.25) is 4.79 Å². The molecule has 1 heterocycles. The lowest BCUT2D eigenvalue weighted by Crippen LogP contribution is -2.18. The first-order chi connectivity index (χ1) is 14.9. The van der Waals surface area contributed by atoms with E-state index in [9.17, 15) is 4.79 Å². The minimum absolute atomic E-state index is 0.332. The molecule has 0 unspecified atom stereocenters. The number of aryl methyl sites for hydroxylation is 1. The standard InChI is InChI=1S/C23H24ClN3O4/c1-14-10-17(15(2)27(14)19-8-6-18(24)7-9-19)13-25-26-23(28)16-11-20(29-3)22(31-5)21(12-16)30-4/h6-13H,1-5H3,(H,26,28)/b25-13+. The van der Waals surface area contributed by atoms with Gasteiger partial charge in [-0.15, -0.1) is 0 Å². The van der Waals surface area contributed by atoms with E-state index in [0.29, 0.717) is 27.8 Å². The zero-order valence-corrected chi connectivity index (χ0v) is 18.8. The van der Waals surface area contributed by atoms with Crippen LogP contribution in [0.2, 0.25) is 5.02 Å². The molecule has 0 saturated carbocycles. The number of carbonyl (C=O) groups excluding carboxylic acids is 1. The van der Waals surface area contributed by atoms with Crippen molar-refractivity contribution in [1.82, 2.24) is 9.99 Å². The molecule has 0 aliphatic heterocycles. The summed E-state index contributed by atoms with van der Waals surface area (Å²) >= 11 is 5.99. The zero-order chi connectivity index (χ0) is 22.5. The first-order valence-corrected chi connectivity index (χ1v) is 9.85. The van der Waals surface area contributed by atoms with Crippen LogP contribution in [0.25, 0.3) is 5.69 Å². The third-order valence-corrected chi connectivity index (χ3v) is 5.10. The summed E-state index contributed by atoms with van der Waals surface area (Å²) in [6, 6.07) is 12.7. The molecule has 7 nitrogen and oxygen atoms in total. The number of hydrogen-bond acceptors (Lipinski definition) is 5. The number of amides is 1. The number of aromatic nitrogens is 1. The summed E-state index contributed by atoms with van der Waals surface area (Å²) < 4.78 is 18.0. The number of carbonyl (C=O) groups is 1. The molecule has 3 aromatic rings. The zero-order valence-electron chi connectivity index (χ0n) is 18.0. The molecule has 0 aliphatic rings. The van der Waals surface area contributed by atoms with Gasteiger partial charge < -0.3 is 18.8 Å². The number of nitrogens with zero attached hydrogens (tertiary/aromatic N) is 2. The SMILES string of the molecule is COc1cc(C(=O)N/N=C/c2cc(C)n(-c3ccc(Cl)cc3)c2C)cc(OC)c1OC. The molecule has 0 aliphatic carbocycles. The number of ether oxygens (including phenoxy) is 3. The molecule has 0 radical (unpaired) electrons. The van der Waals surface area contributed by atoms with E-state index in [4.69, 9.17) is 25.8 Å². The van der Waals surface area contributed by atoms with Crippen LogP contribution in [-0.4, -0.2) is 38.0 Å². The molecule has 0 atom stereocenters. The molecule has 8 heteroatoms. The normalized spacial score (nSPS) is 10.9. The van der Waals surface area contributed by atoms with Gasteiger partial charge in [-0.05, 0) is 56.3 Å². The second kappa shape index (κ2) is 9.57. The summed E-state index contributed by atoms with van der Waals surface area (Å²) in [7, 11) is 4.49. The molecule has 0 fully saturated rings. The Morgan fingerprint density at radius 3 is 2.16 bits per heavy atom. The average Bonchev–Trinajstić information content (AvgIpc) is 3.06. The molecule has 0 bridgehead atoms. The van der Waals surface area contributed by atoms with Crippen molar-refractivity contribution in [3.8, 4) is 22.9 Å². The molecule has 1 amide bonds. The second-order valence-electron chi connectivity index (χ2n) is 6.75. The Hall–Kier alpha value is -3.45. The minimum Gasteiger partial charge on any atom is -0.493 e. The lowest BCUT2D eigenvalue weighted by Gasteiger charge is -2.13. The predicted molar refractivity (Wildman–Crippen MR) is 121 cm³/mol. The Balaban J connectivity index is 1.80.